The van der Waals surface area contributed by atoms with Crippen molar-refractivity contribution in [2.24, 2.45) is 0 Å². The normalized spacial score (nSPS) is 10.9. The van der Waals surface area contributed by atoms with Gasteiger partial charge in [0, 0.05) is 17.6 Å². The highest BCUT2D eigenvalue weighted by Gasteiger charge is 2.05. The van der Waals surface area contributed by atoms with Gasteiger partial charge >= 0.3 is 0 Å². The quantitative estimate of drug-likeness (QED) is 0.818. The molecule has 0 aromatic carbocycles. The molecule has 6 heteroatoms. The van der Waals surface area contributed by atoms with Gasteiger partial charge in [-0.3, -0.25) is 5.10 Å². The summed E-state index contributed by atoms with van der Waals surface area (Å²) in [6.45, 7) is 4.24. The summed E-state index contributed by atoms with van der Waals surface area (Å²) < 4.78 is 0. The number of nitrogens with zero attached hydrogens (tertiary/aromatic N) is 3. The zero-order valence-corrected chi connectivity index (χ0v) is 11.7. The predicted octanol–water partition coefficient (Wildman–Crippen LogP) is 3.07. The third kappa shape index (κ3) is 3.54. The average molecular weight is 268 g/mol. The van der Waals surface area contributed by atoms with Crippen LogP contribution in [0.15, 0.2) is 10.5 Å². The maximum Gasteiger partial charge on any atom is 0.208 e. The first-order valence-corrected chi connectivity index (χ1v) is 7.65. The fourth-order valence-corrected chi connectivity index (χ4v) is 3.10. The maximum absolute atomic E-state index is 4.57. The Labute approximate surface area is 109 Å². The summed E-state index contributed by atoms with van der Waals surface area (Å²) in [7, 11) is 0. The third-order valence-corrected chi connectivity index (χ3v) is 4.10. The van der Waals surface area contributed by atoms with Gasteiger partial charge in [-0.2, -0.15) is 0 Å². The zero-order valence-electron chi connectivity index (χ0n) is 10.1. The Morgan fingerprint density at radius 2 is 2.24 bits per heavy atom. The standard InChI is InChI=1S/C11H16N4S2/c1-3-5-10-12-8(6-16-10)7-17-11-13-9(4-2)14-15-11/h6H,3-5,7H2,1-2H3,(H,13,14,15). The molecule has 2 heterocycles. The molecule has 2 rings (SSSR count). The molecule has 0 aliphatic heterocycles. The van der Waals surface area contributed by atoms with Gasteiger partial charge in [-0.15, -0.1) is 16.4 Å². The van der Waals surface area contributed by atoms with Crippen LogP contribution in [0.4, 0.5) is 0 Å². The van der Waals surface area contributed by atoms with Crippen molar-refractivity contribution in [3.05, 3.63) is 21.9 Å². The van der Waals surface area contributed by atoms with Gasteiger partial charge in [-0.05, 0) is 12.8 Å². The Balaban J connectivity index is 1.88. The molecule has 4 nitrogen and oxygen atoms in total. The lowest BCUT2D eigenvalue weighted by molar-refractivity contribution is 0.901. The molecule has 0 saturated carbocycles. The van der Waals surface area contributed by atoms with Gasteiger partial charge in [0.05, 0.1) is 10.7 Å². The van der Waals surface area contributed by atoms with Crippen LogP contribution in [0.2, 0.25) is 0 Å². The molecule has 0 amide bonds. The van der Waals surface area contributed by atoms with E-state index in [1.807, 2.05) is 0 Å². The highest BCUT2D eigenvalue weighted by Crippen LogP contribution is 2.21. The van der Waals surface area contributed by atoms with Gasteiger partial charge in [-0.1, -0.05) is 25.6 Å². The summed E-state index contributed by atoms with van der Waals surface area (Å²) in [5.74, 6) is 1.79. The monoisotopic (exact) mass is 268 g/mol. The number of hydrogen-bond donors (Lipinski definition) is 1. The lowest BCUT2D eigenvalue weighted by Crippen LogP contribution is -1.85. The molecule has 0 fully saturated rings. The topological polar surface area (TPSA) is 54.5 Å². The molecule has 1 N–H and O–H groups in total. The van der Waals surface area contributed by atoms with Crippen LogP contribution in [0.3, 0.4) is 0 Å². The molecule has 0 saturated heterocycles. The molecule has 0 unspecified atom stereocenters. The van der Waals surface area contributed by atoms with Crippen molar-refractivity contribution in [2.45, 2.75) is 44.0 Å². The highest BCUT2D eigenvalue weighted by molar-refractivity contribution is 7.98. The van der Waals surface area contributed by atoms with Crippen LogP contribution in [0.5, 0.6) is 0 Å². The number of rotatable bonds is 6. The Kier molecular flexibility index (Phi) is 4.56. The van der Waals surface area contributed by atoms with Crippen LogP contribution < -0.4 is 0 Å². The fraction of sp³-hybridized carbons (Fsp3) is 0.545. The molecule has 0 spiro atoms. The van der Waals surface area contributed by atoms with Crippen molar-refractivity contribution in [1.82, 2.24) is 20.2 Å². The molecule has 0 bridgehead atoms. The second kappa shape index (κ2) is 6.16. The smallest absolute Gasteiger partial charge is 0.208 e. The number of aryl methyl sites for hydroxylation is 2. The Morgan fingerprint density at radius 3 is 2.94 bits per heavy atom. The fourth-order valence-electron chi connectivity index (χ4n) is 1.38. The number of aromatic nitrogens is 4. The minimum Gasteiger partial charge on any atom is -0.262 e. The first kappa shape index (κ1) is 12.6. The van der Waals surface area contributed by atoms with Gasteiger partial charge in [0.25, 0.3) is 0 Å². The van der Waals surface area contributed by atoms with Crippen LogP contribution in [-0.2, 0) is 18.6 Å². The van der Waals surface area contributed by atoms with E-state index in [4.69, 9.17) is 0 Å². The van der Waals surface area contributed by atoms with E-state index in [1.54, 1.807) is 23.1 Å². The van der Waals surface area contributed by atoms with E-state index in [9.17, 15) is 0 Å². The largest absolute Gasteiger partial charge is 0.262 e. The Hall–Kier alpha value is -0.880. The summed E-state index contributed by atoms with van der Waals surface area (Å²) in [5, 5.41) is 11.2. The van der Waals surface area contributed by atoms with E-state index in [0.717, 1.165) is 41.7 Å². The molecule has 0 radical (unpaired) electrons. The maximum atomic E-state index is 4.57. The summed E-state index contributed by atoms with van der Waals surface area (Å²) >= 11 is 3.38. The van der Waals surface area contributed by atoms with Crippen LogP contribution in [0, 0.1) is 0 Å². The van der Waals surface area contributed by atoms with Crippen molar-refractivity contribution >= 4 is 23.1 Å². The van der Waals surface area contributed by atoms with Gasteiger partial charge in [-0.25, -0.2) is 9.97 Å². The molecule has 0 aliphatic rings. The molecule has 0 atom stereocenters. The van der Waals surface area contributed by atoms with Crippen molar-refractivity contribution < 1.29 is 0 Å². The number of thiazole rings is 1. The minimum atomic E-state index is 0.812. The molecule has 0 aliphatic carbocycles. The number of hydrogen-bond acceptors (Lipinski definition) is 5. The molecular formula is C11H16N4S2. The van der Waals surface area contributed by atoms with Crippen molar-refractivity contribution in [3.63, 3.8) is 0 Å². The Morgan fingerprint density at radius 1 is 1.35 bits per heavy atom. The minimum absolute atomic E-state index is 0.812. The van der Waals surface area contributed by atoms with Crippen molar-refractivity contribution in [2.75, 3.05) is 0 Å². The van der Waals surface area contributed by atoms with Crippen LogP contribution in [-0.4, -0.2) is 20.2 Å². The van der Waals surface area contributed by atoms with Gasteiger partial charge < -0.3 is 0 Å². The lowest BCUT2D eigenvalue weighted by atomic mass is 10.3. The number of nitrogens with one attached hydrogen (secondary N) is 1. The first-order chi connectivity index (χ1) is 8.31. The summed E-state index contributed by atoms with van der Waals surface area (Å²) in [6, 6.07) is 0. The lowest BCUT2D eigenvalue weighted by Gasteiger charge is -1.92. The van der Waals surface area contributed by atoms with E-state index in [0.29, 0.717) is 0 Å². The average Bonchev–Trinajstić information content (AvgIpc) is 2.95. The van der Waals surface area contributed by atoms with E-state index in [2.05, 4.69) is 39.4 Å². The second-order valence-corrected chi connectivity index (χ2v) is 5.57. The molecule has 2 aromatic heterocycles. The van der Waals surface area contributed by atoms with E-state index >= 15 is 0 Å². The molecule has 2 aromatic rings. The van der Waals surface area contributed by atoms with Crippen LogP contribution in [0.25, 0.3) is 0 Å². The summed E-state index contributed by atoms with van der Waals surface area (Å²) in [6.07, 6.45) is 3.13. The number of thioether (sulfide) groups is 1. The zero-order chi connectivity index (χ0) is 12.1. The van der Waals surface area contributed by atoms with E-state index in [1.165, 1.54) is 5.01 Å². The van der Waals surface area contributed by atoms with Crippen LogP contribution in [0.1, 0.15) is 36.8 Å². The number of H-pyrrole nitrogens is 1. The molecule has 17 heavy (non-hydrogen) atoms. The van der Waals surface area contributed by atoms with E-state index < -0.39 is 0 Å². The summed E-state index contributed by atoms with van der Waals surface area (Å²) in [5.41, 5.74) is 1.13. The molecule has 92 valence electrons. The third-order valence-electron chi connectivity index (χ3n) is 2.26. The predicted molar refractivity (Wildman–Crippen MR) is 71.4 cm³/mol. The van der Waals surface area contributed by atoms with Crippen LogP contribution >= 0.6 is 23.1 Å². The summed E-state index contributed by atoms with van der Waals surface area (Å²) in [4.78, 5) is 8.93. The van der Waals surface area contributed by atoms with Crippen molar-refractivity contribution in [3.8, 4) is 0 Å². The van der Waals surface area contributed by atoms with Gasteiger partial charge in [0.2, 0.25) is 5.16 Å². The number of aromatic amines is 1. The Bertz CT molecular complexity index is 463. The van der Waals surface area contributed by atoms with Crippen molar-refractivity contribution in [1.29, 1.82) is 0 Å². The van der Waals surface area contributed by atoms with E-state index in [-0.39, 0.29) is 0 Å². The molecular weight excluding hydrogens is 252 g/mol. The van der Waals surface area contributed by atoms with Gasteiger partial charge in [0.1, 0.15) is 5.82 Å². The SMILES string of the molecule is CCCc1nc(CSc2n[nH]c(CC)n2)cs1. The van der Waals surface area contributed by atoms with Gasteiger partial charge in [0.15, 0.2) is 0 Å². The second-order valence-electron chi connectivity index (χ2n) is 3.69. The first-order valence-electron chi connectivity index (χ1n) is 5.79. The highest BCUT2D eigenvalue weighted by atomic mass is 32.2.